The first kappa shape index (κ1) is 39.2. The minimum Gasteiger partial charge on any atom is -0.310 e. The van der Waals surface area contributed by atoms with E-state index in [-0.39, 0.29) is 10.8 Å². The normalized spacial score (nSPS) is 14.0. The van der Waals surface area contributed by atoms with E-state index in [9.17, 15) is 0 Å². The number of anilines is 6. The number of para-hydroxylation sites is 2. The summed E-state index contributed by atoms with van der Waals surface area (Å²) in [6.07, 6.45) is 4.58. The number of rotatable bonds is 8. The highest BCUT2D eigenvalue weighted by Crippen LogP contribution is 2.53. The maximum Gasteiger partial charge on any atom is 0.0466 e. The molecule has 0 saturated heterocycles. The lowest BCUT2D eigenvalue weighted by atomic mass is 9.81. The van der Waals surface area contributed by atoms with Crippen molar-refractivity contribution in [3.05, 3.63) is 225 Å². The third-order valence-corrected chi connectivity index (χ3v) is 13.3. The smallest absolute Gasteiger partial charge is 0.0466 e. The summed E-state index contributed by atoms with van der Waals surface area (Å²) in [7, 11) is 0. The molecule has 0 heterocycles. The second kappa shape index (κ2) is 14.9. The van der Waals surface area contributed by atoms with Crippen molar-refractivity contribution in [2.45, 2.75) is 66.2 Å². The van der Waals surface area contributed by atoms with Crippen molar-refractivity contribution in [1.29, 1.82) is 0 Å². The molecule has 0 radical (unpaired) electrons. The van der Waals surface area contributed by atoms with E-state index in [1.165, 1.54) is 101 Å². The van der Waals surface area contributed by atoms with Crippen LogP contribution in [0.25, 0.3) is 34.4 Å². The van der Waals surface area contributed by atoms with E-state index in [4.69, 9.17) is 0 Å². The molecule has 0 amide bonds. The van der Waals surface area contributed by atoms with Crippen molar-refractivity contribution >= 4 is 46.3 Å². The molecule has 0 saturated carbocycles. The zero-order valence-corrected chi connectivity index (χ0v) is 37.2. The molecule has 0 spiro atoms. The Morgan fingerprint density at radius 3 is 1.00 bits per heavy atom. The highest BCUT2D eigenvalue weighted by Gasteiger charge is 2.37. The molecule has 0 unspecified atom stereocenters. The SMILES string of the molecule is Cc1cc(C)cc(N(c2cc(C)cc(C)c2)c2ccc3c(c2)C(C)(C)c2cc(C=Cc4ccc5c(c4)C(C)(C)c4cc(N(c6ccccc6)c6ccccc6)ccc4-5)ccc2-3)c1. The average molecular weight is 803 g/mol. The first-order valence-corrected chi connectivity index (χ1v) is 22.0. The molecule has 2 aliphatic rings. The van der Waals surface area contributed by atoms with Gasteiger partial charge in [-0.1, -0.05) is 137 Å². The molecule has 10 rings (SSSR count). The van der Waals surface area contributed by atoms with E-state index in [1.54, 1.807) is 0 Å². The van der Waals surface area contributed by atoms with Gasteiger partial charge in [-0.3, -0.25) is 0 Å². The van der Waals surface area contributed by atoms with Gasteiger partial charge in [0.05, 0.1) is 0 Å². The number of hydrogen-bond donors (Lipinski definition) is 0. The zero-order valence-electron chi connectivity index (χ0n) is 37.2. The van der Waals surface area contributed by atoms with Crippen molar-refractivity contribution in [2.24, 2.45) is 0 Å². The molecule has 2 nitrogen and oxygen atoms in total. The molecule has 304 valence electrons. The second-order valence-corrected chi connectivity index (χ2v) is 18.7. The predicted molar refractivity (Wildman–Crippen MR) is 265 cm³/mol. The van der Waals surface area contributed by atoms with E-state index in [0.29, 0.717) is 0 Å². The van der Waals surface area contributed by atoms with Gasteiger partial charge in [-0.2, -0.15) is 0 Å². The van der Waals surface area contributed by atoms with Crippen LogP contribution in [0.15, 0.2) is 170 Å². The van der Waals surface area contributed by atoms with E-state index in [2.05, 4.69) is 247 Å². The lowest BCUT2D eigenvalue weighted by Crippen LogP contribution is -2.17. The van der Waals surface area contributed by atoms with Crippen LogP contribution in [0.3, 0.4) is 0 Å². The van der Waals surface area contributed by atoms with Gasteiger partial charge < -0.3 is 9.80 Å². The fraction of sp³-hybridized carbons (Fsp3) is 0.167. The van der Waals surface area contributed by atoms with Gasteiger partial charge in [0.2, 0.25) is 0 Å². The minimum absolute atomic E-state index is 0.155. The fourth-order valence-electron chi connectivity index (χ4n) is 10.4. The summed E-state index contributed by atoms with van der Waals surface area (Å²) in [5, 5.41) is 0. The quantitative estimate of drug-likeness (QED) is 0.141. The van der Waals surface area contributed by atoms with Gasteiger partial charge in [0.25, 0.3) is 0 Å². The Balaban J connectivity index is 0.951. The third kappa shape index (κ3) is 6.75. The zero-order chi connectivity index (χ0) is 42.9. The molecule has 0 fully saturated rings. The summed E-state index contributed by atoms with van der Waals surface area (Å²) in [4.78, 5) is 4.79. The molecule has 0 aliphatic heterocycles. The Morgan fingerprint density at radius 2 is 0.629 bits per heavy atom. The number of benzene rings is 8. The van der Waals surface area contributed by atoms with Crippen LogP contribution >= 0.6 is 0 Å². The molecule has 8 aromatic rings. The lowest BCUT2D eigenvalue weighted by Gasteiger charge is -2.29. The largest absolute Gasteiger partial charge is 0.310 e. The Bertz CT molecular complexity index is 2930. The van der Waals surface area contributed by atoms with Crippen LogP contribution in [0, 0.1) is 27.7 Å². The van der Waals surface area contributed by atoms with Crippen molar-refractivity contribution in [1.82, 2.24) is 0 Å². The summed E-state index contributed by atoms with van der Waals surface area (Å²) < 4.78 is 0. The number of fused-ring (bicyclic) bond motifs is 6. The van der Waals surface area contributed by atoms with Gasteiger partial charge in [-0.15, -0.1) is 0 Å². The molecular weight excluding hydrogens is 749 g/mol. The van der Waals surface area contributed by atoms with Gasteiger partial charge in [0.1, 0.15) is 0 Å². The first-order valence-electron chi connectivity index (χ1n) is 22.0. The molecular formula is C60H54N2. The molecule has 0 aromatic heterocycles. The van der Waals surface area contributed by atoms with Gasteiger partial charge in [0, 0.05) is 45.0 Å². The molecule has 0 atom stereocenters. The van der Waals surface area contributed by atoms with Crippen LogP contribution in [0.4, 0.5) is 34.1 Å². The van der Waals surface area contributed by atoms with Crippen molar-refractivity contribution in [3.8, 4) is 22.3 Å². The fourth-order valence-corrected chi connectivity index (χ4v) is 10.4. The summed E-state index contributed by atoms with van der Waals surface area (Å²) in [6.45, 7) is 18.3. The summed E-state index contributed by atoms with van der Waals surface area (Å²) >= 11 is 0. The molecule has 2 aliphatic carbocycles. The standard InChI is InChI=1S/C60H54N2/c1-39-29-40(2)32-49(31-39)62(50-33-41(3)30-42(4)34-50)48-24-28-54-52-26-22-44(36-56(52)60(7,8)58(54)38-48)20-19-43-21-25-51-53-27-23-47(37-57(53)59(5,6)55(51)35-43)61(45-15-11-9-12-16-45)46-17-13-10-14-18-46/h9-38H,1-8H3. The molecule has 0 N–H and O–H groups in total. The number of nitrogens with zero attached hydrogens (tertiary/aromatic N) is 2. The monoisotopic (exact) mass is 802 g/mol. The Morgan fingerprint density at radius 1 is 0.306 bits per heavy atom. The summed E-state index contributed by atoms with van der Waals surface area (Å²) in [6, 6.07) is 63.2. The van der Waals surface area contributed by atoms with Crippen molar-refractivity contribution < 1.29 is 0 Å². The molecule has 8 aromatic carbocycles. The highest BCUT2D eigenvalue weighted by atomic mass is 15.1. The van der Waals surface area contributed by atoms with Gasteiger partial charge >= 0.3 is 0 Å². The van der Waals surface area contributed by atoms with Gasteiger partial charge in [-0.25, -0.2) is 0 Å². The van der Waals surface area contributed by atoms with E-state index >= 15 is 0 Å². The molecule has 62 heavy (non-hydrogen) atoms. The van der Waals surface area contributed by atoms with E-state index in [1.807, 2.05) is 0 Å². The topological polar surface area (TPSA) is 6.48 Å². The van der Waals surface area contributed by atoms with Crippen LogP contribution in [0.1, 0.15) is 83.3 Å². The van der Waals surface area contributed by atoms with Crippen molar-refractivity contribution in [2.75, 3.05) is 9.80 Å². The van der Waals surface area contributed by atoms with E-state index < -0.39 is 0 Å². The van der Waals surface area contributed by atoms with Crippen LogP contribution in [0.2, 0.25) is 0 Å². The minimum atomic E-state index is -0.167. The van der Waals surface area contributed by atoms with Gasteiger partial charge in [-0.05, 0) is 178 Å². The Kier molecular flexibility index (Phi) is 9.45. The molecule has 2 heteroatoms. The first-order chi connectivity index (χ1) is 29.8. The summed E-state index contributed by atoms with van der Waals surface area (Å²) in [5.41, 5.74) is 25.0. The van der Waals surface area contributed by atoms with Crippen LogP contribution in [-0.2, 0) is 10.8 Å². The predicted octanol–water partition coefficient (Wildman–Crippen LogP) is 16.6. The third-order valence-electron chi connectivity index (χ3n) is 13.3. The Hall–Kier alpha value is -6.90. The second-order valence-electron chi connectivity index (χ2n) is 18.7. The maximum absolute atomic E-state index is 2.44. The average Bonchev–Trinajstić information content (AvgIpc) is 3.61. The summed E-state index contributed by atoms with van der Waals surface area (Å²) in [5.74, 6) is 0. The van der Waals surface area contributed by atoms with Crippen LogP contribution in [-0.4, -0.2) is 0 Å². The van der Waals surface area contributed by atoms with E-state index in [0.717, 1.165) is 11.4 Å². The molecule has 0 bridgehead atoms. The van der Waals surface area contributed by atoms with Gasteiger partial charge in [0.15, 0.2) is 0 Å². The Labute approximate surface area is 368 Å². The highest BCUT2D eigenvalue weighted by molar-refractivity contribution is 5.89. The maximum atomic E-state index is 2.44. The van der Waals surface area contributed by atoms with Crippen LogP contribution < -0.4 is 9.80 Å². The van der Waals surface area contributed by atoms with Crippen molar-refractivity contribution in [3.63, 3.8) is 0 Å². The lowest BCUT2D eigenvalue weighted by molar-refractivity contribution is 0.660. The number of hydrogen-bond acceptors (Lipinski definition) is 2. The number of aryl methyl sites for hydroxylation is 4. The van der Waals surface area contributed by atoms with Crippen LogP contribution in [0.5, 0.6) is 0 Å².